The Morgan fingerprint density at radius 1 is 0.833 bits per heavy atom. The molecule has 42 heavy (non-hydrogen) atoms. The van der Waals surface area contributed by atoms with Crippen LogP contribution in [0, 0.1) is 0 Å². The molecule has 1 saturated heterocycles. The van der Waals surface area contributed by atoms with Crippen LogP contribution in [0.3, 0.4) is 0 Å². The van der Waals surface area contributed by atoms with E-state index in [-0.39, 0.29) is 65.1 Å². The number of rotatable bonds is 1. The number of hydrogen-bond donors (Lipinski definition) is 7. The highest BCUT2D eigenvalue weighted by atomic mass is 16.7. The minimum atomic E-state index is -2.26. The molecule has 12 heteroatoms. The molecule has 4 aliphatic heterocycles. The summed E-state index contributed by atoms with van der Waals surface area (Å²) in [4.78, 5) is 13.3. The summed E-state index contributed by atoms with van der Waals surface area (Å²) in [6, 6.07) is 7.87. The third kappa shape index (κ3) is 3.19. The Balaban J connectivity index is 1.28. The first kappa shape index (κ1) is 25.1. The van der Waals surface area contributed by atoms with Crippen molar-refractivity contribution in [2.45, 2.75) is 55.1 Å². The number of aliphatic hydroxyl groups excluding tert-OH is 1. The van der Waals surface area contributed by atoms with Crippen molar-refractivity contribution in [1.82, 2.24) is 0 Å². The number of aliphatic hydroxyl groups is 2. The number of ether oxygens (including phenoxy) is 4. The lowest BCUT2D eigenvalue weighted by Gasteiger charge is -2.53. The van der Waals surface area contributed by atoms with E-state index >= 15 is 0 Å². The van der Waals surface area contributed by atoms with Crippen molar-refractivity contribution < 1.29 is 59.5 Å². The Kier molecular flexibility index (Phi) is 4.78. The lowest BCUT2D eigenvalue weighted by Crippen LogP contribution is -2.70. The number of benzene rings is 3. The average molecular weight is 577 g/mol. The van der Waals surface area contributed by atoms with Crippen LogP contribution in [-0.2, 0) is 22.4 Å². The molecule has 0 amide bonds. The summed E-state index contributed by atoms with van der Waals surface area (Å²) in [5, 5.41) is 73.6. The standard InChI is InChI=1S/C30H24O12/c31-12-4-17(33)13-7-23-28(39-21(13)5-12)29-10-30(38,42-23)24(37)8-15(29)25-22(41-29)9-18(34)14-6-20(36)26(40-27(14)25)11-1-2-16(32)19(35)3-11/h1-5,8-9,20,23,26,28,31-36,38H,6-7,10H2/t20-,23+,26-,28-,29-,30?/m0/s1. The molecule has 3 aromatic rings. The zero-order chi connectivity index (χ0) is 29.3. The molecule has 5 aliphatic rings. The zero-order valence-electron chi connectivity index (χ0n) is 21.6. The number of aromatic hydroxyl groups is 5. The van der Waals surface area contributed by atoms with Gasteiger partial charge in [-0.3, -0.25) is 4.79 Å². The molecule has 2 bridgehead atoms. The van der Waals surface area contributed by atoms with E-state index in [9.17, 15) is 40.5 Å². The molecule has 1 aliphatic carbocycles. The molecule has 0 saturated carbocycles. The fraction of sp³-hybridized carbons (Fsp3) is 0.300. The van der Waals surface area contributed by atoms with Crippen molar-refractivity contribution in [3.63, 3.8) is 0 Å². The highest BCUT2D eigenvalue weighted by molar-refractivity contribution is 6.08. The van der Waals surface area contributed by atoms with Gasteiger partial charge in [0.2, 0.25) is 11.6 Å². The molecule has 216 valence electrons. The molecule has 8 rings (SSSR count). The number of phenolic OH excluding ortho intramolecular Hbond substituents is 5. The van der Waals surface area contributed by atoms with Gasteiger partial charge in [0.15, 0.2) is 23.2 Å². The second-order valence-corrected chi connectivity index (χ2v) is 11.4. The average Bonchev–Trinajstić information content (AvgIpc) is 3.22. The maximum absolute atomic E-state index is 13.3. The van der Waals surface area contributed by atoms with Gasteiger partial charge in [0.05, 0.1) is 18.1 Å². The molecular weight excluding hydrogens is 552 g/mol. The molecule has 12 nitrogen and oxygen atoms in total. The number of hydrogen-bond acceptors (Lipinski definition) is 12. The molecule has 1 spiro atoms. The van der Waals surface area contributed by atoms with Crippen molar-refractivity contribution >= 4 is 11.4 Å². The predicted molar refractivity (Wildman–Crippen MR) is 140 cm³/mol. The molecule has 0 radical (unpaired) electrons. The van der Waals surface area contributed by atoms with Crippen LogP contribution in [0.1, 0.15) is 34.8 Å². The normalized spacial score (nSPS) is 31.7. The zero-order valence-corrected chi connectivity index (χ0v) is 21.6. The van der Waals surface area contributed by atoms with E-state index in [1.807, 2.05) is 0 Å². The van der Waals surface area contributed by atoms with Crippen LogP contribution in [0.25, 0.3) is 5.57 Å². The Hall–Kier alpha value is -4.65. The van der Waals surface area contributed by atoms with Gasteiger partial charge in [-0.1, -0.05) is 6.07 Å². The van der Waals surface area contributed by atoms with Gasteiger partial charge in [-0.2, -0.15) is 0 Å². The molecule has 1 fully saturated rings. The third-order valence-corrected chi connectivity index (χ3v) is 8.81. The van der Waals surface area contributed by atoms with Crippen LogP contribution < -0.4 is 14.2 Å². The quantitative estimate of drug-likeness (QED) is 0.208. The predicted octanol–water partition coefficient (Wildman–Crippen LogP) is 1.83. The van der Waals surface area contributed by atoms with E-state index < -0.39 is 47.3 Å². The lowest BCUT2D eigenvalue weighted by molar-refractivity contribution is -0.290. The molecule has 6 atom stereocenters. The Morgan fingerprint density at radius 3 is 2.40 bits per heavy atom. The molecule has 7 N–H and O–H groups in total. The van der Waals surface area contributed by atoms with Crippen LogP contribution in [-0.4, -0.2) is 71.2 Å². The van der Waals surface area contributed by atoms with Crippen LogP contribution in [0.4, 0.5) is 0 Å². The van der Waals surface area contributed by atoms with Crippen LogP contribution in [0.2, 0.25) is 0 Å². The summed E-state index contributed by atoms with van der Waals surface area (Å²) in [5.41, 5.74) is 0.0962. The van der Waals surface area contributed by atoms with E-state index in [0.29, 0.717) is 22.3 Å². The summed E-state index contributed by atoms with van der Waals surface area (Å²) < 4.78 is 24.9. The SMILES string of the molecule is O=C1C=C2c3c(cc(O)c4c3O[C@@H](c3ccc(O)c(O)c3)[C@@H](O)C4)O[C@@]23CC1(O)O[C@@H]1Cc2c(O)cc(O)cc2O[C@@H]13. The Bertz CT molecular complexity index is 1760. The largest absolute Gasteiger partial charge is 0.508 e. The second kappa shape index (κ2) is 8.00. The van der Waals surface area contributed by atoms with E-state index in [1.165, 1.54) is 36.4 Å². The van der Waals surface area contributed by atoms with Gasteiger partial charge in [0, 0.05) is 47.7 Å². The van der Waals surface area contributed by atoms with Crippen molar-refractivity contribution in [2.24, 2.45) is 0 Å². The second-order valence-electron chi connectivity index (χ2n) is 11.4. The number of carbonyl (C=O) groups is 1. The molecule has 4 heterocycles. The number of phenols is 5. The van der Waals surface area contributed by atoms with Gasteiger partial charge >= 0.3 is 0 Å². The summed E-state index contributed by atoms with van der Waals surface area (Å²) in [7, 11) is 0. The molecular formula is C30H24O12. The van der Waals surface area contributed by atoms with Crippen molar-refractivity contribution in [2.75, 3.05) is 0 Å². The van der Waals surface area contributed by atoms with Gasteiger partial charge in [-0.15, -0.1) is 0 Å². The smallest absolute Gasteiger partial charge is 0.235 e. The first-order valence-corrected chi connectivity index (χ1v) is 13.3. The maximum Gasteiger partial charge on any atom is 0.235 e. The summed E-state index contributed by atoms with van der Waals surface area (Å²) >= 11 is 0. The van der Waals surface area contributed by atoms with Gasteiger partial charge in [0.25, 0.3) is 0 Å². The summed E-state index contributed by atoms with van der Waals surface area (Å²) in [5.74, 6) is -3.95. The molecule has 0 aromatic heterocycles. The maximum atomic E-state index is 13.3. The van der Waals surface area contributed by atoms with Gasteiger partial charge in [-0.25, -0.2) is 0 Å². The van der Waals surface area contributed by atoms with Crippen molar-refractivity contribution in [3.8, 4) is 46.0 Å². The third-order valence-electron chi connectivity index (χ3n) is 8.81. The first-order chi connectivity index (χ1) is 20.0. The summed E-state index contributed by atoms with van der Waals surface area (Å²) in [6.07, 6.45) is -3.23. The number of carbonyl (C=O) groups excluding carboxylic acids is 1. The van der Waals surface area contributed by atoms with E-state index in [4.69, 9.17) is 18.9 Å². The highest BCUT2D eigenvalue weighted by Crippen LogP contribution is 2.62. The monoisotopic (exact) mass is 576 g/mol. The Labute approximate surface area is 236 Å². The lowest BCUT2D eigenvalue weighted by atomic mass is 9.69. The summed E-state index contributed by atoms with van der Waals surface area (Å²) in [6.45, 7) is 0. The highest BCUT2D eigenvalue weighted by Gasteiger charge is 2.69. The fourth-order valence-corrected chi connectivity index (χ4v) is 6.94. The van der Waals surface area contributed by atoms with E-state index in [1.54, 1.807) is 0 Å². The van der Waals surface area contributed by atoms with E-state index in [2.05, 4.69) is 0 Å². The molecule has 1 unspecified atom stereocenters. The minimum Gasteiger partial charge on any atom is -0.508 e. The number of ketones is 1. The minimum absolute atomic E-state index is 0.0366. The molecule has 3 aromatic carbocycles. The fourth-order valence-electron chi connectivity index (χ4n) is 6.94. The first-order valence-electron chi connectivity index (χ1n) is 13.3. The topological polar surface area (TPSA) is 196 Å². The van der Waals surface area contributed by atoms with E-state index in [0.717, 1.165) is 6.07 Å². The van der Waals surface area contributed by atoms with Gasteiger partial charge < -0.3 is 54.7 Å². The van der Waals surface area contributed by atoms with Gasteiger partial charge in [0.1, 0.15) is 46.7 Å². The van der Waals surface area contributed by atoms with Crippen molar-refractivity contribution in [3.05, 3.63) is 64.7 Å². The van der Waals surface area contributed by atoms with Crippen LogP contribution >= 0.6 is 0 Å². The Morgan fingerprint density at radius 2 is 1.62 bits per heavy atom. The van der Waals surface area contributed by atoms with Gasteiger partial charge in [-0.05, 0) is 23.8 Å². The van der Waals surface area contributed by atoms with Crippen molar-refractivity contribution in [1.29, 1.82) is 0 Å². The van der Waals surface area contributed by atoms with Crippen LogP contribution in [0.5, 0.6) is 46.0 Å². The van der Waals surface area contributed by atoms with Crippen LogP contribution in [0.15, 0.2) is 42.5 Å². The number of fused-ring (bicyclic) bond motifs is 7.